The van der Waals surface area contributed by atoms with Gasteiger partial charge in [-0.2, -0.15) is 0 Å². The second-order valence-electron chi connectivity index (χ2n) is 9.94. The Bertz CT molecular complexity index is 1770. The van der Waals surface area contributed by atoms with Gasteiger partial charge in [-0.3, -0.25) is 15.0 Å². The lowest BCUT2D eigenvalue weighted by Crippen LogP contribution is -2.47. The highest BCUT2D eigenvalue weighted by Crippen LogP contribution is 2.39. The molecule has 41 heavy (non-hydrogen) atoms. The van der Waals surface area contributed by atoms with Gasteiger partial charge >= 0.3 is 0 Å². The van der Waals surface area contributed by atoms with Crippen molar-refractivity contribution in [2.75, 3.05) is 37.6 Å². The molecule has 3 aromatic carbocycles. The van der Waals surface area contributed by atoms with Gasteiger partial charge in [0.15, 0.2) is 17.5 Å². The maximum atomic E-state index is 13.6. The molecule has 0 radical (unpaired) electrons. The Hall–Kier alpha value is -3.86. The van der Waals surface area contributed by atoms with Crippen LogP contribution in [0.2, 0.25) is 10.0 Å². The van der Waals surface area contributed by atoms with Crippen molar-refractivity contribution < 1.29 is 13.7 Å². The monoisotopic (exact) mass is 596 g/mol. The minimum absolute atomic E-state index is 0.0387. The van der Waals surface area contributed by atoms with E-state index >= 15 is 0 Å². The maximum absolute atomic E-state index is 13.6. The summed E-state index contributed by atoms with van der Waals surface area (Å²) in [5.74, 6) is -1.02. The summed E-state index contributed by atoms with van der Waals surface area (Å²) >= 11 is 13.1. The number of anilines is 1. The lowest BCUT2D eigenvalue weighted by molar-refractivity contribution is -0.383. The van der Waals surface area contributed by atoms with Crippen LogP contribution in [-0.2, 0) is 13.0 Å². The molecule has 0 aliphatic carbocycles. The van der Waals surface area contributed by atoms with Crippen LogP contribution < -0.4 is 4.90 Å². The van der Waals surface area contributed by atoms with Crippen molar-refractivity contribution in [3.63, 3.8) is 0 Å². The molecule has 1 aliphatic rings. The molecule has 12 heteroatoms. The number of fused-ring (bicyclic) bond motifs is 3. The summed E-state index contributed by atoms with van der Waals surface area (Å²) in [5, 5.41) is 13.4. The number of rotatable bonds is 7. The highest BCUT2D eigenvalue weighted by molar-refractivity contribution is 6.36. The normalized spacial score (nSPS) is 14.3. The molecule has 1 saturated heterocycles. The summed E-state index contributed by atoms with van der Waals surface area (Å²) in [4.78, 5) is 25.2. The lowest BCUT2D eigenvalue weighted by Gasteiger charge is -2.35. The third-order valence-electron chi connectivity index (χ3n) is 7.57. The maximum Gasteiger partial charge on any atom is 0.280 e. The Balaban J connectivity index is 1.35. The van der Waals surface area contributed by atoms with Crippen LogP contribution in [0.4, 0.5) is 20.3 Å². The Labute approximate surface area is 243 Å². The molecule has 0 bridgehead atoms. The number of benzene rings is 3. The van der Waals surface area contributed by atoms with Gasteiger partial charge in [0.1, 0.15) is 22.7 Å². The number of hydrogen-bond donors (Lipinski definition) is 0. The molecular weight excluding hydrogens is 573 g/mol. The van der Waals surface area contributed by atoms with E-state index in [9.17, 15) is 18.9 Å². The number of nitro benzene ring substituents is 1. The highest BCUT2D eigenvalue weighted by atomic mass is 35.5. The van der Waals surface area contributed by atoms with E-state index < -0.39 is 16.6 Å². The Morgan fingerprint density at radius 3 is 2.37 bits per heavy atom. The van der Waals surface area contributed by atoms with Crippen molar-refractivity contribution in [1.29, 1.82) is 0 Å². The molecule has 6 rings (SSSR count). The molecule has 210 valence electrons. The van der Waals surface area contributed by atoms with E-state index in [2.05, 4.69) is 19.8 Å². The van der Waals surface area contributed by atoms with Crippen molar-refractivity contribution in [3.8, 4) is 0 Å². The molecule has 0 N–H and O–H groups in total. The summed E-state index contributed by atoms with van der Waals surface area (Å²) in [7, 11) is 0. The van der Waals surface area contributed by atoms with Gasteiger partial charge in [0, 0.05) is 54.4 Å². The largest absolute Gasteiger partial charge is 0.352 e. The Morgan fingerprint density at radius 1 is 0.927 bits per heavy atom. The molecule has 5 aromatic rings. The standard InChI is InChI=1S/C29H24Cl2F2N6O2/c30-20-3-1-4-21(31)19(20)16-38-24-5-2-6-25(39(40)41)26(24)27-28(38)29(35-17-34-27)37-13-11-36(12-14-37)10-9-18-7-8-22(32)23(33)15-18/h1-8,15,17H,9-14,16H2. The van der Waals surface area contributed by atoms with Crippen LogP contribution in [0, 0.1) is 21.7 Å². The molecule has 0 spiro atoms. The second-order valence-corrected chi connectivity index (χ2v) is 10.8. The zero-order valence-corrected chi connectivity index (χ0v) is 23.2. The Kier molecular flexibility index (Phi) is 7.46. The minimum atomic E-state index is -0.849. The Morgan fingerprint density at radius 2 is 1.66 bits per heavy atom. The number of aromatic nitrogens is 3. The molecule has 0 atom stereocenters. The van der Waals surface area contributed by atoms with Crippen molar-refractivity contribution in [2.45, 2.75) is 13.0 Å². The van der Waals surface area contributed by atoms with Crippen molar-refractivity contribution in [3.05, 3.63) is 104 Å². The third-order valence-corrected chi connectivity index (χ3v) is 8.28. The van der Waals surface area contributed by atoms with Crippen LogP contribution in [0.15, 0.2) is 60.9 Å². The number of halogens is 4. The van der Waals surface area contributed by atoms with Gasteiger partial charge in [-0.25, -0.2) is 18.7 Å². The summed E-state index contributed by atoms with van der Waals surface area (Å²) in [6.45, 7) is 3.74. The summed E-state index contributed by atoms with van der Waals surface area (Å²) in [6.07, 6.45) is 2.04. The zero-order valence-electron chi connectivity index (χ0n) is 21.7. The van der Waals surface area contributed by atoms with E-state index in [0.29, 0.717) is 69.4 Å². The van der Waals surface area contributed by atoms with Crippen LogP contribution in [-0.4, -0.2) is 57.1 Å². The van der Waals surface area contributed by atoms with E-state index in [-0.39, 0.29) is 12.2 Å². The molecule has 0 unspecified atom stereocenters. The van der Waals surface area contributed by atoms with Crippen LogP contribution in [0.1, 0.15) is 11.1 Å². The van der Waals surface area contributed by atoms with Crippen molar-refractivity contribution >= 4 is 56.6 Å². The topological polar surface area (TPSA) is 80.3 Å². The van der Waals surface area contributed by atoms with Crippen LogP contribution in [0.3, 0.4) is 0 Å². The number of non-ortho nitro benzene ring substituents is 1. The fourth-order valence-electron chi connectivity index (χ4n) is 5.47. The molecule has 3 heterocycles. The average molecular weight is 597 g/mol. The number of piperazine rings is 1. The van der Waals surface area contributed by atoms with Gasteiger partial charge < -0.3 is 9.47 Å². The van der Waals surface area contributed by atoms with Gasteiger partial charge in [-0.1, -0.05) is 41.4 Å². The van der Waals surface area contributed by atoms with E-state index in [0.717, 1.165) is 24.7 Å². The van der Waals surface area contributed by atoms with Crippen LogP contribution in [0.25, 0.3) is 21.9 Å². The minimum Gasteiger partial charge on any atom is -0.352 e. The molecule has 1 fully saturated rings. The van der Waals surface area contributed by atoms with E-state index in [1.165, 1.54) is 18.5 Å². The van der Waals surface area contributed by atoms with Gasteiger partial charge in [0.2, 0.25) is 0 Å². The number of hydrogen-bond acceptors (Lipinski definition) is 6. The first-order valence-corrected chi connectivity index (χ1v) is 13.8. The quantitative estimate of drug-likeness (QED) is 0.158. The third kappa shape index (κ3) is 5.18. The van der Waals surface area contributed by atoms with Gasteiger partial charge in [0.25, 0.3) is 5.69 Å². The van der Waals surface area contributed by atoms with E-state index in [4.69, 9.17) is 23.2 Å². The van der Waals surface area contributed by atoms with E-state index in [1.54, 1.807) is 30.3 Å². The summed E-state index contributed by atoms with van der Waals surface area (Å²) in [6, 6.07) is 14.3. The molecule has 0 amide bonds. The summed E-state index contributed by atoms with van der Waals surface area (Å²) < 4.78 is 28.8. The number of nitro groups is 1. The first kappa shape index (κ1) is 27.3. The predicted octanol–water partition coefficient (Wildman–Crippen LogP) is 6.49. The number of nitrogens with zero attached hydrogens (tertiary/aromatic N) is 6. The zero-order chi connectivity index (χ0) is 28.7. The van der Waals surface area contributed by atoms with Crippen LogP contribution in [0.5, 0.6) is 0 Å². The fourth-order valence-corrected chi connectivity index (χ4v) is 5.99. The van der Waals surface area contributed by atoms with Crippen LogP contribution >= 0.6 is 23.2 Å². The molecule has 0 saturated carbocycles. The fraction of sp³-hybridized carbons (Fsp3) is 0.241. The SMILES string of the molecule is O=[N+]([O-])c1cccc2c1c1ncnc(N3CCN(CCc4ccc(F)c(F)c4)CC3)c1n2Cc1c(Cl)cccc1Cl. The molecular formula is C29H24Cl2F2N6O2. The lowest BCUT2D eigenvalue weighted by atomic mass is 10.1. The van der Waals surface area contributed by atoms with Gasteiger partial charge in [-0.05, 0) is 42.3 Å². The average Bonchev–Trinajstić information content (AvgIpc) is 3.29. The smallest absolute Gasteiger partial charge is 0.280 e. The van der Waals surface area contributed by atoms with E-state index in [1.807, 2.05) is 10.6 Å². The molecule has 1 aliphatic heterocycles. The molecule has 2 aromatic heterocycles. The predicted molar refractivity (Wildman–Crippen MR) is 156 cm³/mol. The first-order chi connectivity index (χ1) is 19.8. The summed E-state index contributed by atoms with van der Waals surface area (Å²) in [5.41, 5.74) is 3.19. The molecule has 8 nitrogen and oxygen atoms in total. The van der Waals surface area contributed by atoms with Gasteiger partial charge in [-0.15, -0.1) is 0 Å². The second kappa shape index (κ2) is 11.2. The van der Waals surface area contributed by atoms with Crippen molar-refractivity contribution in [2.24, 2.45) is 0 Å². The first-order valence-electron chi connectivity index (χ1n) is 13.1. The van der Waals surface area contributed by atoms with Gasteiger partial charge in [0.05, 0.1) is 17.0 Å². The highest BCUT2D eigenvalue weighted by Gasteiger charge is 2.27. The van der Waals surface area contributed by atoms with Crippen molar-refractivity contribution in [1.82, 2.24) is 19.4 Å².